The van der Waals surface area contributed by atoms with E-state index in [4.69, 9.17) is 4.74 Å². The number of amides is 1. The van der Waals surface area contributed by atoms with E-state index in [2.05, 4.69) is 16.9 Å². The van der Waals surface area contributed by atoms with Crippen LogP contribution in [0, 0.1) is 5.82 Å². The molecule has 0 atom stereocenters. The molecule has 0 bridgehead atoms. The lowest BCUT2D eigenvalue weighted by Crippen LogP contribution is -2.33. The molecule has 1 aromatic heterocycles. The van der Waals surface area contributed by atoms with Crippen molar-refractivity contribution < 1.29 is 35.5 Å². The van der Waals surface area contributed by atoms with E-state index in [1.165, 1.54) is 19.2 Å². The Morgan fingerprint density at radius 2 is 1.71 bits per heavy atom. The normalized spacial score (nSPS) is 11.6. The Bertz CT molecular complexity index is 1410. The third kappa shape index (κ3) is 6.88. The number of sulfonamides is 1. The lowest BCUT2D eigenvalue weighted by molar-refractivity contribution is -0.137. The molecule has 7 nitrogen and oxygen atoms in total. The Morgan fingerprint density at radius 1 is 1.08 bits per heavy atom. The molecule has 0 aliphatic carbocycles. The van der Waals surface area contributed by atoms with Gasteiger partial charge in [0.1, 0.15) is 5.82 Å². The summed E-state index contributed by atoms with van der Waals surface area (Å²) < 4.78 is 83.8. The van der Waals surface area contributed by atoms with E-state index >= 15 is 0 Å². The first-order valence-electron chi connectivity index (χ1n) is 11.3. The van der Waals surface area contributed by atoms with Crippen molar-refractivity contribution in [3.8, 4) is 17.1 Å². The molecular formula is C26H25F4N3O4S. The minimum absolute atomic E-state index is 0.00383. The molecule has 0 aliphatic rings. The van der Waals surface area contributed by atoms with Gasteiger partial charge in [0.15, 0.2) is 0 Å². The van der Waals surface area contributed by atoms with Gasteiger partial charge in [-0.3, -0.25) is 9.10 Å². The van der Waals surface area contributed by atoms with Crippen molar-refractivity contribution in [2.45, 2.75) is 31.0 Å². The van der Waals surface area contributed by atoms with Crippen LogP contribution in [0.5, 0.6) is 5.88 Å². The van der Waals surface area contributed by atoms with Crippen molar-refractivity contribution in [1.82, 2.24) is 14.6 Å². The minimum Gasteiger partial charge on any atom is -0.481 e. The molecule has 0 aliphatic heterocycles. The van der Waals surface area contributed by atoms with Crippen LogP contribution in [-0.2, 0) is 27.5 Å². The van der Waals surface area contributed by atoms with Crippen molar-refractivity contribution in [1.29, 1.82) is 0 Å². The number of aromatic nitrogens is 1. The molecule has 0 spiro atoms. The predicted octanol–water partition coefficient (Wildman–Crippen LogP) is 5.15. The monoisotopic (exact) mass is 551 g/mol. The number of alkyl halides is 3. The van der Waals surface area contributed by atoms with E-state index in [-0.39, 0.29) is 36.0 Å². The van der Waals surface area contributed by atoms with E-state index in [0.717, 1.165) is 40.7 Å². The van der Waals surface area contributed by atoms with Crippen molar-refractivity contribution in [3.05, 3.63) is 89.9 Å². The summed E-state index contributed by atoms with van der Waals surface area (Å²) >= 11 is 0. The Hall–Kier alpha value is -3.93. The van der Waals surface area contributed by atoms with Gasteiger partial charge < -0.3 is 10.1 Å². The second-order valence-electron chi connectivity index (χ2n) is 8.12. The highest BCUT2D eigenvalue weighted by Gasteiger charge is 2.30. The van der Waals surface area contributed by atoms with Gasteiger partial charge in [-0.25, -0.2) is 17.8 Å². The Kier molecular flexibility index (Phi) is 8.77. The van der Waals surface area contributed by atoms with E-state index < -0.39 is 33.5 Å². The third-order valence-corrected chi connectivity index (χ3v) is 7.44. The van der Waals surface area contributed by atoms with Crippen molar-refractivity contribution in [2.75, 3.05) is 13.7 Å². The number of ether oxygens (including phenoxy) is 1. The van der Waals surface area contributed by atoms with Crippen molar-refractivity contribution >= 4 is 15.9 Å². The lowest BCUT2D eigenvalue weighted by Gasteiger charge is -2.24. The van der Waals surface area contributed by atoms with Gasteiger partial charge in [0, 0.05) is 30.4 Å². The van der Waals surface area contributed by atoms with E-state index in [1.54, 1.807) is 19.1 Å². The van der Waals surface area contributed by atoms with Crippen LogP contribution in [0.25, 0.3) is 11.3 Å². The summed E-state index contributed by atoms with van der Waals surface area (Å²) in [4.78, 5) is 16.7. The van der Waals surface area contributed by atoms with Gasteiger partial charge >= 0.3 is 6.18 Å². The first kappa shape index (κ1) is 28.6. The number of hydrogen-bond acceptors (Lipinski definition) is 5. The predicted molar refractivity (Wildman–Crippen MR) is 133 cm³/mol. The zero-order valence-corrected chi connectivity index (χ0v) is 21.4. The summed E-state index contributed by atoms with van der Waals surface area (Å²) in [7, 11) is -2.66. The van der Waals surface area contributed by atoms with Gasteiger partial charge in [0.25, 0.3) is 10.0 Å². The second-order valence-corrected chi connectivity index (χ2v) is 9.98. The molecule has 0 radical (unpaired) electrons. The Labute approximate surface area is 217 Å². The molecule has 38 heavy (non-hydrogen) atoms. The molecule has 3 rings (SSSR count). The summed E-state index contributed by atoms with van der Waals surface area (Å²) in [6, 6.07) is 11.9. The molecule has 0 saturated heterocycles. The quantitative estimate of drug-likeness (QED) is 0.353. The SMILES string of the molecule is C=C(CC(=O)NCc1cc(OC)nc(-c2ccc(C(F)(F)F)cc2)c1)N(CC)S(=O)(=O)c1ccc(F)cc1. The van der Waals surface area contributed by atoms with Gasteiger partial charge in [0.2, 0.25) is 11.8 Å². The third-order valence-electron chi connectivity index (χ3n) is 5.47. The molecule has 1 amide bonds. The fourth-order valence-corrected chi connectivity index (χ4v) is 5.06. The smallest absolute Gasteiger partial charge is 0.416 e. The van der Waals surface area contributed by atoms with Crippen LogP contribution >= 0.6 is 0 Å². The van der Waals surface area contributed by atoms with Gasteiger partial charge in [-0.1, -0.05) is 18.7 Å². The van der Waals surface area contributed by atoms with Gasteiger partial charge in [-0.05, 0) is 55.0 Å². The molecule has 2 aromatic carbocycles. The first-order chi connectivity index (χ1) is 17.8. The van der Waals surface area contributed by atoms with Crippen molar-refractivity contribution in [3.63, 3.8) is 0 Å². The summed E-state index contributed by atoms with van der Waals surface area (Å²) in [6.07, 6.45) is -4.80. The summed E-state index contributed by atoms with van der Waals surface area (Å²) in [6.45, 7) is 5.33. The fourth-order valence-electron chi connectivity index (χ4n) is 3.58. The zero-order chi connectivity index (χ0) is 28.1. The molecule has 3 aromatic rings. The molecule has 202 valence electrons. The van der Waals surface area contributed by atoms with Gasteiger partial charge in [0.05, 0.1) is 29.7 Å². The number of carbonyl (C=O) groups excluding carboxylic acids is 1. The van der Waals surface area contributed by atoms with E-state index in [9.17, 15) is 30.8 Å². The summed E-state index contributed by atoms with van der Waals surface area (Å²) in [5, 5.41) is 2.66. The van der Waals surface area contributed by atoms with Crippen LogP contribution in [0.1, 0.15) is 24.5 Å². The number of rotatable bonds is 10. The second kappa shape index (κ2) is 11.6. The summed E-state index contributed by atoms with van der Waals surface area (Å²) in [5.41, 5.74) is 0.542. The number of halogens is 4. The highest BCUT2D eigenvalue weighted by molar-refractivity contribution is 7.89. The molecule has 0 unspecified atom stereocenters. The Balaban J connectivity index is 1.70. The summed E-state index contributed by atoms with van der Waals surface area (Å²) in [5.74, 6) is -0.910. The Morgan fingerprint density at radius 3 is 2.26 bits per heavy atom. The largest absolute Gasteiger partial charge is 0.481 e. The number of benzene rings is 2. The minimum atomic E-state index is -4.47. The van der Waals surface area contributed by atoms with Gasteiger partial charge in [-0.15, -0.1) is 0 Å². The number of carbonyl (C=O) groups is 1. The van der Waals surface area contributed by atoms with E-state index in [0.29, 0.717) is 16.8 Å². The number of pyridine rings is 1. The number of nitrogens with one attached hydrogen (secondary N) is 1. The molecule has 0 fully saturated rings. The maximum atomic E-state index is 13.2. The maximum Gasteiger partial charge on any atom is 0.416 e. The number of hydrogen-bond donors (Lipinski definition) is 1. The standard InChI is InChI=1S/C26H25F4N3O4S/c1-4-33(38(35,36)22-11-9-21(27)10-12-22)17(2)13-24(34)31-16-18-14-23(32-25(15-18)37-3)19-5-7-20(8-6-19)26(28,29)30/h5-12,14-15H,2,4,13,16H2,1,3H3,(H,31,34). The highest BCUT2D eigenvalue weighted by Crippen LogP contribution is 2.31. The van der Waals surface area contributed by atoms with Crippen LogP contribution in [0.2, 0.25) is 0 Å². The van der Waals surface area contributed by atoms with Crippen LogP contribution in [-0.4, -0.2) is 37.3 Å². The highest BCUT2D eigenvalue weighted by atomic mass is 32.2. The van der Waals surface area contributed by atoms with Crippen LogP contribution in [0.15, 0.2) is 77.8 Å². The fraction of sp³-hybridized carbons (Fsp3) is 0.231. The average molecular weight is 552 g/mol. The van der Waals surface area contributed by atoms with E-state index in [1.807, 2.05) is 0 Å². The maximum absolute atomic E-state index is 13.2. The number of methoxy groups -OCH3 is 1. The van der Waals surface area contributed by atoms with Crippen LogP contribution in [0.3, 0.4) is 0 Å². The molecular weight excluding hydrogens is 526 g/mol. The molecule has 1 heterocycles. The zero-order valence-electron chi connectivity index (χ0n) is 20.5. The average Bonchev–Trinajstić information content (AvgIpc) is 2.87. The van der Waals surface area contributed by atoms with Crippen LogP contribution < -0.4 is 10.1 Å². The molecule has 0 saturated carbocycles. The van der Waals surface area contributed by atoms with Crippen LogP contribution in [0.4, 0.5) is 17.6 Å². The number of nitrogens with zero attached hydrogens (tertiary/aromatic N) is 2. The van der Waals surface area contributed by atoms with Gasteiger partial charge in [-0.2, -0.15) is 13.2 Å². The first-order valence-corrected chi connectivity index (χ1v) is 12.7. The molecule has 1 N–H and O–H groups in total. The van der Waals surface area contributed by atoms with Crippen molar-refractivity contribution in [2.24, 2.45) is 0 Å². The lowest BCUT2D eigenvalue weighted by atomic mass is 10.1. The molecule has 12 heteroatoms. The topological polar surface area (TPSA) is 88.6 Å².